The van der Waals surface area contributed by atoms with E-state index in [4.69, 9.17) is 19.9 Å². The molecule has 0 spiro atoms. The van der Waals surface area contributed by atoms with Crippen LogP contribution in [-0.4, -0.2) is 24.5 Å². The second-order valence-corrected chi connectivity index (χ2v) is 14.9. The van der Waals surface area contributed by atoms with Crippen LogP contribution in [0.1, 0.15) is 0 Å². The molecule has 8 aromatic carbocycles. The van der Waals surface area contributed by atoms with Crippen molar-refractivity contribution in [3.8, 4) is 61.5 Å². The van der Waals surface area contributed by atoms with Crippen molar-refractivity contribution in [2.45, 2.75) is 0 Å². The zero-order valence-electron chi connectivity index (χ0n) is 30.0. The summed E-state index contributed by atoms with van der Waals surface area (Å²) in [6, 6.07) is 65.8. The van der Waals surface area contributed by atoms with Gasteiger partial charge >= 0.3 is 0 Å². The van der Waals surface area contributed by atoms with Gasteiger partial charge < -0.3 is 4.57 Å². The second kappa shape index (κ2) is 13.2. The van der Waals surface area contributed by atoms with Gasteiger partial charge in [0.25, 0.3) is 0 Å². The predicted molar refractivity (Wildman–Crippen MR) is 232 cm³/mol. The molecule has 11 aromatic rings. The molecule has 0 saturated carbocycles. The number of aromatic nitrogens is 5. The van der Waals surface area contributed by atoms with Crippen LogP contribution in [0.2, 0.25) is 0 Å². The number of para-hydroxylation sites is 3. The molecule has 0 N–H and O–H groups in total. The molecule has 3 heterocycles. The van der Waals surface area contributed by atoms with Gasteiger partial charge in [-0.3, -0.25) is 0 Å². The molecular formula is C50H31N5S. The Kier molecular flexibility index (Phi) is 7.60. The van der Waals surface area contributed by atoms with Crippen molar-refractivity contribution in [1.82, 2.24) is 24.5 Å². The first-order valence-corrected chi connectivity index (χ1v) is 19.5. The Bertz CT molecular complexity index is 3150. The van der Waals surface area contributed by atoms with Crippen LogP contribution >= 0.6 is 11.3 Å². The summed E-state index contributed by atoms with van der Waals surface area (Å²) in [4.78, 5) is 19.8. The van der Waals surface area contributed by atoms with Crippen molar-refractivity contribution in [3.05, 3.63) is 188 Å². The van der Waals surface area contributed by atoms with E-state index >= 15 is 0 Å². The number of hydrogen-bond donors (Lipinski definition) is 0. The van der Waals surface area contributed by atoms with E-state index in [9.17, 15) is 0 Å². The summed E-state index contributed by atoms with van der Waals surface area (Å²) in [5.41, 5.74) is 10.8. The number of rotatable bonds is 6. The highest BCUT2D eigenvalue weighted by atomic mass is 32.1. The predicted octanol–water partition coefficient (Wildman–Crippen LogP) is 13.1. The summed E-state index contributed by atoms with van der Waals surface area (Å²) < 4.78 is 3.59. The minimum absolute atomic E-state index is 0.649. The van der Waals surface area contributed by atoms with E-state index in [0.29, 0.717) is 17.5 Å². The molecule has 11 rings (SSSR count). The summed E-state index contributed by atoms with van der Waals surface area (Å²) in [6.07, 6.45) is 0. The van der Waals surface area contributed by atoms with Crippen molar-refractivity contribution in [2.75, 3.05) is 0 Å². The van der Waals surface area contributed by atoms with Gasteiger partial charge in [-0.2, -0.15) is 0 Å². The van der Waals surface area contributed by atoms with Gasteiger partial charge in [0.1, 0.15) is 5.01 Å². The fraction of sp³-hybridized carbons (Fsp3) is 0. The van der Waals surface area contributed by atoms with Crippen LogP contribution in [0, 0.1) is 0 Å². The molecule has 3 aromatic heterocycles. The quantitative estimate of drug-likeness (QED) is 0.171. The van der Waals surface area contributed by atoms with Gasteiger partial charge in [0.05, 0.1) is 21.3 Å². The molecular weight excluding hydrogens is 703 g/mol. The first kappa shape index (κ1) is 32.2. The summed E-state index contributed by atoms with van der Waals surface area (Å²) in [7, 11) is 0. The summed E-state index contributed by atoms with van der Waals surface area (Å²) in [5.74, 6) is 1.96. The van der Waals surface area contributed by atoms with E-state index in [1.54, 1.807) is 11.3 Å². The van der Waals surface area contributed by atoms with Gasteiger partial charge in [-0.05, 0) is 70.4 Å². The zero-order valence-corrected chi connectivity index (χ0v) is 30.9. The standard InChI is InChI=1S/C50H31N5S/c1-3-12-33(13-4-1)47-52-48(34-14-5-2-6-15-34)54-49(53-47)38-25-24-36-30-35(22-23-37(36)31-38)32-26-28-39(29-27-32)55-44-20-9-7-16-40(44)41-17-11-18-42(46(41)55)50-51-43-19-8-10-21-45(43)56-50/h1-31H. The van der Waals surface area contributed by atoms with Gasteiger partial charge in [0.15, 0.2) is 17.5 Å². The van der Waals surface area contributed by atoms with Gasteiger partial charge in [0, 0.05) is 38.7 Å². The maximum atomic E-state index is 5.07. The fourth-order valence-corrected chi connectivity index (χ4v) is 8.74. The van der Waals surface area contributed by atoms with Crippen LogP contribution in [0.4, 0.5) is 0 Å². The van der Waals surface area contributed by atoms with Crippen LogP contribution in [-0.2, 0) is 0 Å². The molecule has 0 atom stereocenters. The van der Waals surface area contributed by atoms with Crippen LogP contribution in [0.3, 0.4) is 0 Å². The lowest BCUT2D eigenvalue weighted by molar-refractivity contribution is 1.07. The molecule has 0 aliphatic carbocycles. The molecule has 5 nitrogen and oxygen atoms in total. The highest BCUT2D eigenvalue weighted by Crippen LogP contribution is 2.41. The monoisotopic (exact) mass is 733 g/mol. The third kappa shape index (κ3) is 5.54. The lowest BCUT2D eigenvalue weighted by atomic mass is 9.99. The van der Waals surface area contributed by atoms with Crippen LogP contribution in [0.15, 0.2) is 188 Å². The fourth-order valence-electron chi connectivity index (χ4n) is 7.75. The van der Waals surface area contributed by atoms with Crippen molar-refractivity contribution in [3.63, 3.8) is 0 Å². The Morgan fingerprint density at radius 3 is 1.68 bits per heavy atom. The number of benzene rings is 8. The van der Waals surface area contributed by atoms with E-state index < -0.39 is 0 Å². The summed E-state index contributed by atoms with van der Waals surface area (Å²) in [5, 5.41) is 5.76. The Hall–Kier alpha value is -7.28. The molecule has 0 bridgehead atoms. The number of nitrogens with zero attached hydrogens (tertiary/aromatic N) is 5. The third-order valence-corrected chi connectivity index (χ3v) is 11.5. The van der Waals surface area contributed by atoms with Crippen molar-refractivity contribution < 1.29 is 0 Å². The van der Waals surface area contributed by atoms with Crippen molar-refractivity contribution in [1.29, 1.82) is 0 Å². The third-order valence-electron chi connectivity index (χ3n) is 10.5. The molecule has 0 fully saturated rings. The highest BCUT2D eigenvalue weighted by Gasteiger charge is 2.19. The number of thiazole rings is 1. The molecule has 0 radical (unpaired) electrons. The van der Waals surface area contributed by atoms with E-state index in [2.05, 4.69) is 132 Å². The lowest BCUT2D eigenvalue weighted by Gasteiger charge is -2.12. The van der Waals surface area contributed by atoms with Crippen LogP contribution < -0.4 is 0 Å². The van der Waals surface area contributed by atoms with Gasteiger partial charge in [-0.15, -0.1) is 11.3 Å². The smallest absolute Gasteiger partial charge is 0.164 e. The van der Waals surface area contributed by atoms with Crippen LogP contribution in [0.5, 0.6) is 0 Å². The molecule has 262 valence electrons. The second-order valence-electron chi connectivity index (χ2n) is 13.9. The topological polar surface area (TPSA) is 56.5 Å². The molecule has 0 aliphatic heterocycles. The normalized spacial score (nSPS) is 11.6. The molecule has 6 heteroatoms. The van der Waals surface area contributed by atoms with Gasteiger partial charge in [-0.25, -0.2) is 19.9 Å². The molecule has 0 amide bonds. The summed E-state index contributed by atoms with van der Waals surface area (Å²) >= 11 is 1.74. The Morgan fingerprint density at radius 2 is 0.964 bits per heavy atom. The van der Waals surface area contributed by atoms with Gasteiger partial charge in [0.2, 0.25) is 0 Å². The molecule has 0 saturated heterocycles. The Labute approximate surface area is 326 Å². The Balaban J connectivity index is 0.964. The molecule has 0 aliphatic rings. The van der Waals surface area contributed by atoms with Crippen molar-refractivity contribution in [2.24, 2.45) is 0 Å². The largest absolute Gasteiger partial charge is 0.309 e. The zero-order chi connectivity index (χ0) is 37.0. The first-order valence-electron chi connectivity index (χ1n) is 18.6. The molecule has 0 unspecified atom stereocenters. The van der Waals surface area contributed by atoms with Gasteiger partial charge in [-0.1, -0.05) is 140 Å². The Morgan fingerprint density at radius 1 is 0.393 bits per heavy atom. The SMILES string of the molecule is c1ccc(-c2nc(-c3ccccc3)nc(-c3ccc4cc(-c5ccc(-n6c7ccccc7c7cccc(-c8nc9ccccc9s8)c76)cc5)ccc4c3)n2)cc1. The number of hydrogen-bond acceptors (Lipinski definition) is 5. The van der Waals surface area contributed by atoms with E-state index in [1.807, 2.05) is 60.7 Å². The minimum atomic E-state index is 0.649. The highest BCUT2D eigenvalue weighted by molar-refractivity contribution is 7.21. The molecule has 56 heavy (non-hydrogen) atoms. The first-order chi connectivity index (χ1) is 27.7. The lowest BCUT2D eigenvalue weighted by Crippen LogP contribution is -2.00. The average molecular weight is 734 g/mol. The van der Waals surface area contributed by atoms with E-state index in [-0.39, 0.29) is 0 Å². The van der Waals surface area contributed by atoms with E-state index in [1.165, 1.54) is 26.5 Å². The maximum Gasteiger partial charge on any atom is 0.164 e. The average Bonchev–Trinajstić information content (AvgIpc) is 3.86. The van der Waals surface area contributed by atoms with E-state index in [0.717, 1.165) is 60.4 Å². The minimum Gasteiger partial charge on any atom is -0.309 e. The maximum absolute atomic E-state index is 5.07. The van der Waals surface area contributed by atoms with Crippen LogP contribution in [0.25, 0.3) is 104 Å². The van der Waals surface area contributed by atoms with Crippen molar-refractivity contribution >= 4 is 54.1 Å². The summed E-state index contributed by atoms with van der Waals surface area (Å²) in [6.45, 7) is 0. The number of fused-ring (bicyclic) bond motifs is 5.